The Kier molecular flexibility index (Phi) is 3.32. The summed E-state index contributed by atoms with van der Waals surface area (Å²) < 4.78 is 7.38. The molecule has 102 valence electrons. The molecule has 1 aromatic carbocycles. The van der Waals surface area contributed by atoms with Crippen molar-refractivity contribution in [1.82, 2.24) is 14.5 Å². The fourth-order valence-electron chi connectivity index (χ4n) is 2.30. The number of aromatic nitrogens is 3. The Morgan fingerprint density at radius 3 is 2.80 bits per heavy atom. The number of aryl methyl sites for hydroxylation is 1. The van der Waals surface area contributed by atoms with Gasteiger partial charge in [-0.1, -0.05) is 12.1 Å². The van der Waals surface area contributed by atoms with Gasteiger partial charge in [-0.3, -0.25) is 4.57 Å². The standard InChI is InChI=1S/C15H14ClN3O/c1-10-7-8-17-15-14(10)18-13(9-16)19(15)11-5-3-4-6-12(11)20-2/h3-8H,9H2,1-2H3. The Balaban J connectivity index is 2.37. The van der Waals surface area contributed by atoms with E-state index in [2.05, 4.69) is 9.97 Å². The van der Waals surface area contributed by atoms with Crippen LogP contribution in [0.3, 0.4) is 0 Å². The van der Waals surface area contributed by atoms with E-state index in [-0.39, 0.29) is 0 Å². The van der Waals surface area contributed by atoms with Crippen molar-refractivity contribution in [2.24, 2.45) is 0 Å². The van der Waals surface area contributed by atoms with Gasteiger partial charge in [-0.05, 0) is 30.7 Å². The van der Waals surface area contributed by atoms with Crippen LogP contribution < -0.4 is 4.74 Å². The molecule has 3 rings (SSSR count). The molecule has 4 nitrogen and oxygen atoms in total. The maximum Gasteiger partial charge on any atom is 0.165 e. The molecule has 0 aliphatic heterocycles. The molecule has 0 saturated carbocycles. The van der Waals surface area contributed by atoms with Gasteiger partial charge in [0.1, 0.15) is 17.1 Å². The number of para-hydroxylation sites is 2. The summed E-state index contributed by atoms with van der Waals surface area (Å²) in [5.41, 5.74) is 3.64. The van der Waals surface area contributed by atoms with Crippen molar-refractivity contribution in [3.8, 4) is 11.4 Å². The number of nitrogens with zero attached hydrogens (tertiary/aromatic N) is 3. The smallest absolute Gasteiger partial charge is 0.165 e. The number of methoxy groups -OCH3 is 1. The lowest BCUT2D eigenvalue weighted by Crippen LogP contribution is -2.02. The number of hydrogen-bond acceptors (Lipinski definition) is 3. The predicted molar refractivity (Wildman–Crippen MR) is 79.7 cm³/mol. The number of hydrogen-bond donors (Lipinski definition) is 0. The van der Waals surface area contributed by atoms with Gasteiger partial charge >= 0.3 is 0 Å². The van der Waals surface area contributed by atoms with E-state index in [0.717, 1.165) is 34.0 Å². The van der Waals surface area contributed by atoms with Gasteiger partial charge in [0.05, 0.1) is 18.7 Å². The number of alkyl halides is 1. The monoisotopic (exact) mass is 287 g/mol. The molecule has 0 atom stereocenters. The lowest BCUT2D eigenvalue weighted by Gasteiger charge is -2.11. The fourth-order valence-corrected chi connectivity index (χ4v) is 2.48. The van der Waals surface area contributed by atoms with Crippen molar-refractivity contribution in [1.29, 1.82) is 0 Å². The van der Waals surface area contributed by atoms with Crippen molar-refractivity contribution in [3.63, 3.8) is 0 Å². The number of ether oxygens (including phenoxy) is 1. The van der Waals surface area contributed by atoms with Gasteiger partial charge in [-0.25, -0.2) is 9.97 Å². The van der Waals surface area contributed by atoms with Gasteiger partial charge in [-0.15, -0.1) is 11.6 Å². The first-order valence-corrected chi connectivity index (χ1v) is 6.82. The summed E-state index contributed by atoms with van der Waals surface area (Å²) in [4.78, 5) is 9.04. The molecule has 0 aliphatic rings. The van der Waals surface area contributed by atoms with Crippen LogP contribution in [0.4, 0.5) is 0 Å². The van der Waals surface area contributed by atoms with Crippen LogP contribution in [0.1, 0.15) is 11.4 Å². The summed E-state index contributed by atoms with van der Waals surface area (Å²) in [6, 6.07) is 9.72. The minimum atomic E-state index is 0.313. The molecule has 2 heterocycles. The number of benzene rings is 1. The van der Waals surface area contributed by atoms with Crippen molar-refractivity contribution < 1.29 is 4.74 Å². The van der Waals surface area contributed by atoms with E-state index in [0.29, 0.717) is 5.88 Å². The van der Waals surface area contributed by atoms with Crippen molar-refractivity contribution in [3.05, 3.63) is 47.9 Å². The molecule has 0 saturated heterocycles. The second kappa shape index (κ2) is 5.13. The molecule has 0 unspecified atom stereocenters. The summed E-state index contributed by atoms with van der Waals surface area (Å²) in [6.45, 7) is 2.02. The highest BCUT2D eigenvalue weighted by atomic mass is 35.5. The highest BCUT2D eigenvalue weighted by Gasteiger charge is 2.16. The van der Waals surface area contributed by atoms with Gasteiger partial charge in [0.2, 0.25) is 0 Å². The third kappa shape index (κ3) is 1.93. The summed E-state index contributed by atoms with van der Waals surface area (Å²) >= 11 is 6.05. The third-order valence-corrected chi connectivity index (χ3v) is 3.50. The zero-order valence-corrected chi connectivity index (χ0v) is 12.1. The minimum absolute atomic E-state index is 0.313. The molecule has 3 aromatic rings. The molecule has 0 spiro atoms. The van der Waals surface area contributed by atoms with Gasteiger partial charge in [0.15, 0.2) is 5.65 Å². The van der Waals surface area contributed by atoms with Crippen LogP contribution in [0.25, 0.3) is 16.9 Å². The molecule has 0 fully saturated rings. The molecule has 2 aromatic heterocycles. The van der Waals surface area contributed by atoms with E-state index in [9.17, 15) is 0 Å². The summed E-state index contributed by atoms with van der Waals surface area (Å²) in [5.74, 6) is 1.84. The maximum absolute atomic E-state index is 6.05. The van der Waals surface area contributed by atoms with Crippen LogP contribution in [-0.4, -0.2) is 21.6 Å². The molecule has 20 heavy (non-hydrogen) atoms. The van der Waals surface area contributed by atoms with Crippen LogP contribution in [0.5, 0.6) is 5.75 Å². The largest absolute Gasteiger partial charge is 0.495 e. The highest BCUT2D eigenvalue weighted by molar-refractivity contribution is 6.17. The zero-order chi connectivity index (χ0) is 14.1. The topological polar surface area (TPSA) is 39.9 Å². The number of rotatable bonds is 3. The van der Waals surface area contributed by atoms with E-state index in [1.165, 1.54) is 0 Å². The normalized spacial score (nSPS) is 10.9. The molecule has 0 N–H and O–H groups in total. The van der Waals surface area contributed by atoms with Crippen molar-refractivity contribution >= 4 is 22.8 Å². The van der Waals surface area contributed by atoms with Crippen molar-refractivity contribution in [2.45, 2.75) is 12.8 Å². The van der Waals surface area contributed by atoms with Gasteiger partial charge < -0.3 is 4.74 Å². The zero-order valence-electron chi connectivity index (χ0n) is 11.3. The molecule has 0 radical (unpaired) electrons. The van der Waals surface area contributed by atoms with Crippen LogP contribution in [-0.2, 0) is 5.88 Å². The molecule has 0 aliphatic carbocycles. The predicted octanol–water partition coefficient (Wildman–Crippen LogP) is 3.48. The number of fused-ring (bicyclic) bond motifs is 1. The SMILES string of the molecule is COc1ccccc1-n1c(CCl)nc2c(C)ccnc21. The second-order valence-corrected chi connectivity index (χ2v) is 4.74. The molecular formula is C15H14ClN3O. The van der Waals surface area contributed by atoms with Gasteiger partial charge in [0.25, 0.3) is 0 Å². The Labute approximate surface area is 122 Å². The van der Waals surface area contributed by atoms with Gasteiger partial charge in [0, 0.05) is 6.20 Å². The number of halogens is 1. The molecular weight excluding hydrogens is 274 g/mol. The summed E-state index contributed by atoms with van der Waals surface area (Å²) in [7, 11) is 1.65. The van der Waals surface area contributed by atoms with Crippen LogP contribution in [0.15, 0.2) is 36.5 Å². The summed E-state index contributed by atoms with van der Waals surface area (Å²) in [5, 5.41) is 0. The van der Waals surface area contributed by atoms with E-state index >= 15 is 0 Å². The van der Waals surface area contributed by atoms with Crippen LogP contribution >= 0.6 is 11.6 Å². The molecule has 0 amide bonds. The van der Waals surface area contributed by atoms with E-state index in [1.54, 1.807) is 13.3 Å². The van der Waals surface area contributed by atoms with E-state index < -0.39 is 0 Å². The molecule has 0 bridgehead atoms. The average Bonchev–Trinajstić information content (AvgIpc) is 2.87. The first-order chi connectivity index (χ1) is 9.76. The van der Waals surface area contributed by atoms with Gasteiger partial charge in [-0.2, -0.15) is 0 Å². The Morgan fingerprint density at radius 2 is 2.05 bits per heavy atom. The lowest BCUT2D eigenvalue weighted by molar-refractivity contribution is 0.413. The van der Waals surface area contributed by atoms with Crippen molar-refractivity contribution in [2.75, 3.05) is 7.11 Å². The Hall–Kier alpha value is -2.07. The minimum Gasteiger partial charge on any atom is -0.495 e. The first kappa shape index (κ1) is 12.9. The fraction of sp³-hybridized carbons (Fsp3) is 0.200. The van der Waals surface area contributed by atoms with Crippen LogP contribution in [0, 0.1) is 6.92 Å². The number of pyridine rings is 1. The first-order valence-electron chi connectivity index (χ1n) is 6.28. The average molecular weight is 288 g/mol. The van der Waals surface area contributed by atoms with Crippen LogP contribution in [0.2, 0.25) is 0 Å². The Morgan fingerprint density at radius 1 is 1.25 bits per heavy atom. The highest BCUT2D eigenvalue weighted by Crippen LogP contribution is 2.28. The lowest BCUT2D eigenvalue weighted by atomic mass is 10.2. The summed E-state index contributed by atoms with van der Waals surface area (Å²) in [6.07, 6.45) is 1.78. The quantitative estimate of drug-likeness (QED) is 0.693. The maximum atomic E-state index is 6.05. The third-order valence-electron chi connectivity index (χ3n) is 3.26. The Bertz CT molecular complexity index is 767. The van der Waals surface area contributed by atoms with E-state index in [4.69, 9.17) is 16.3 Å². The van der Waals surface area contributed by atoms with E-state index in [1.807, 2.05) is 41.8 Å². The second-order valence-electron chi connectivity index (χ2n) is 4.47. The molecule has 5 heteroatoms. The number of imidazole rings is 1.